The first kappa shape index (κ1) is 19.3. The molecule has 0 aliphatic carbocycles. The van der Waals surface area contributed by atoms with Crippen molar-refractivity contribution in [3.63, 3.8) is 0 Å². The number of nitrogens with one attached hydrogen (secondary N) is 1. The van der Waals surface area contributed by atoms with Gasteiger partial charge < -0.3 is 14.3 Å². The van der Waals surface area contributed by atoms with Crippen molar-refractivity contribution in [1.82, 2.24) is 14.1 Å². The predicted octanol–water partition coefficient (Wildman–Crippen LogP) is 4.10. The summed E-state index contributed by atoms with van der Waals surface area (Å²) in [4.78, 5) is 28.7. The SMILES string of the molecule is Cc1cc(C(=O)OCCCn2c(=O)[nH]c3ccccc32)c(C)n1Cc1cccs1. The van der Waals surface area contributed by atoms with Gasteiger partial charge >= 0.3 is 11.7 Å². The second-order valence-electron chi connectivity index (χ2n) is 7.04. The van der Waals surface area contributed by atoms with E-state index in [0.717, 1.165) is 29.0 Å². The van der Waals surface area contributed by atoms with E-state index in [9.17, 15) is 9.59 Å². The van der Waals surface area contributed by atoms with E-state index in [0.29, 0.717) is 18.5 Å². The molecule has 0 unspecified atom stereocenters. The van der Waals surface area contributed by atoms with Crippen LogP contribution in [0, 0.1) is 13.8 Å². The van der Waals surface area contributed by atoms with Crippen LogP contribution >= 0.6 is 11.3 Å². The number of esters is 1. The van der Waals surface area contributed by atoms with E-state index in [4.69, 9.17) is 4.74 Å². The van der Waals surface area contributed by atoms with Gasteiger partial charge in [-0.25, -0.2) is 9.59 Å². The Kier molecular flexibility index (Phi) is 5.40. The molecule has 0 radical (unpaired) electrons. The summed E-state index contributed by atoms with van der Waals surface area (Å²) in [5, 5.41) is 2.05. The molecule has 3 aromatic heterocycles. The maximum atomic E-state index is 12.6. The van der Waals surface area contributed by atoms with Gasteiger partial charge in [-0.05, 0) is 49.9 Å². The largest absolute Gasteiger partial charge is 0.462 e. The number of aromatic amines is 1. The number of nitrogens with zero attached hydrogens (tertiary/aromatic N) is 2. The molecule has 0 fully saturated rings. The second-order valence-corrected chi connectivity index (χ2v) is 8.07. The first-order valence-electron chi connectivity index (χ1n) is 9.58. The average molecular weight is 410 g/mol. The summed E-state index contributed by atoms with van der Waals surface area (Å²) in [6.07, 6.45) is 0.571. The summed E-state index contributed by atoms with van der Waals surface area (Å²) in [6, 6.07) is 13.6. The normalized spacial score (nSPS) is 11.2. The highest BCUT2D eigenvalue weighted by molar-refractivity contribution is 7.09. The van der Waals surface area contributed by atoms with Crippen molar-refractivity contribution >= 4 is 28.3 Å². The van der Waals surface area contributed by atoms with Crippen LogP contribution in [0.5, 0.6) is 0 Å². The molecule has 0 saturated heterocycles. The minimum atomic E-state index is -0.318. The number of hydrogen-bond donors (Lipinski definition) is 1. The average Bonchev–Trinajstić information content (AvgIpc) is 3.40. The molecular weight excluding hydrogens is 386 g/mol. The fraction of sp³-hybridized carbons (Fsp3) is 0.273. The van der Waals surface area contributed by atoms with Crippen LogP contribution in [-0.4, -0.2) is 26.7 Å². The molecule has 29 heavy (non-hydrogen) atoms. The Morgan fingerprint density at radius 1 is 1.14 bits per heavy atom. The molecule has 0 amide bonds. The van der Waals surface area contributed by atoms with E-state index < -0.39 is 0 Å². The number of rotatable bonds is 7. The minimum absolute atomic E-state index is 0.144. The molecule has 150 valence electrons. The molecule has 1 N–H and O–H groups in total. The zero-order chi connectivity index (χ0) is 20.4. The van der Waals surface area contributed by atoms with Gasteiger partial charge in [0.15, 0.2) is 0 Å². The summed E-state index contributed by atoms with van der Waals surface area (Å²) in [5.41, 5.74) is 4.08. The highest BCUT2D eigenvalue weighted by Gasteiger charge is 2.17. The summed E-state index contributed by atoms with van der Waals surface area (Å²) in [7, 11) is 0. The summed E-state index contributed by atoms with van der Waals surface area (Å²) in [6.45, 7) is 5.46. The molecule has 1 aromatic carbocycles. The molecule has 4 aromatic rings. The summed E-state index contributed by atoms with van der Waals surface area (Å²) >= 11 is 1.70. The number of thiophene rings is 1. The van der Waals surface area contributed by atoms with E-state index in [1.165, 1.54) is 4.88 Å². The highest BCUT2D eigenvalue weighted by Crippen LogP contribution is 2.20. The summed E-state index contributed by atoms with van der Waals surface area (Å²) < 4.78 is 9.30. The van der Waals surface area contributed by atoms with Gasteiger partial charge in [-0.3, -0.25) is 4.57 Å². The van der Waals surface area contributed by atoms with Crippen LogP contribution in [0.1, 0.15) is 33.0 Å². The Morgan fingerprint density at radius 2 is 1.97 bits per heavy atom. The number of H-pyrrole nitrogens is 1. The predicted molar refractivity (Wildman–Crippen MR) is 115 cm³/mol. The van der Waals surface area contributed by atoms with Gasteiger partial charge in [-0.1, -0.05) is 18.2 Å². The van der Waals surface area contributed by atoms with Crippen molar-refractivity contribution in [2.45, 2.75) is 33.4 Å². The lowest BCUT2D eigenvalue weighted by atomic mass is 10.2. The third-order valence-electron chi connectivity index (χ3n) is 5.13. The first-order chi connectivity index (χ1) is 14.0. The van der Waals surface area contributed by atoms with Crippen LogP contribution in [0.4, 0.5) is 0 Å². The minimum Gasteiger partial charge on any atom is -0.462 e. The Bertz CT molecular complexity index is 1200. The second kappa shape index (κ2) is 8.13. The Labute approximate surface area is 172 Å². The highest BCUT2D eigenvalue weighted by atomic mass is 32.1. The van der Waals surface area contributed by atoms with Crippen molar-refractivity contribution in [1.29, 1.82) is 0 Å². The summed E-state index contributed by atoms with van der Waals surface area (Å²) in [5.74, 6) is -0.318. The monoisotopic (exact) mass is 409 g/mol. The van der Waals surface area contributed by atoms with Gasteiger partial charge in [0.2, 0.25) is 0 Å². The fourth-order valence-electron chi connectivity index (χ4n) is 3.60. The van der Waals surface area contributed by atoms with E-state index in [1.54, 1.807) is 15.9 Å². The molecule has 0 bridgehead atoms. The number of carbonyl (C=O) groups is 1. The number of hydrogen-bond acceptors (Lipinski definition) is 4. The third kappa shape index (κ3) is 3.91. The van der Waals surface area contributed by atoms with E-state index in [1.807, 2.05) is 50.2 Å². The zero-order valence-electron chi connectivity index (χ0n) is 16.5. The standard InChI is InChI=1S/C22H23N3O3S/c1-15-13-18(16(2)25(15)14-17-7-5-12-29-17)21(26)28-11-6-10-24-20-9-4-3-8-19(20)23-22(24)27/h3-5,7-9,12-13H,6,10-11,14H2,1-2H3,(H,23,27). The molecule has 0 aliphatic rings. The Balaban J connectivity index is 1.37. The number of fused-ring (bicyclic) bond motifs is 1. The van der Waals surface area contributed by atoms with E-state index in [-0.39, 0.29) is 18.3 Å². The molecular formula is C22H23N3O3S. The number of carbonyl (C=O) groups excluding carboxylic acids is 1. The Hall–Kier alpha value is -3.06. The lowest BCUT2D eigenvalue weighted by Crippen LogP contribution is -2.18. The molecule has 0 aliphatic heterocycles. The molecule has 4 rings (SSSR count). The van der Waals surface area contributed by atoms with Gasteiger partial charge in [0, 0.05) is 22.8 Å². The maximum absolute atomic E-state index is 12.6. The lowest BCUT2D eigenvalue weighted by Gasteiger charge is -2.09. The number of ether oxygens (including phenoxy) is 1. The van der Waals surface area contributed by atoms with Gasteiger partial charge in [-0.15, -0.1) is 11.3 Å². The number of imidazole rings is 1. The van der Waals surface area contributed by atoms with Gasteiger partial charge in [-0.2, -0.15) is 0 Å². The third-order valence-corrected chi connectivity index (χ3v) is 5.99. The molecule has 3 heterocycles. The van der Waals surface area contributed by atoms with Gasteiger partial charge in [0.1, 0.15) is 0 Å². The van der Waals surface area contributed by atoms with Crippen LogP contribution in [0.25, 0.3) is 11.0 Å². The number of aryl methyl sites for hydroxylation is 2. The van der Waals surface area contributed by atoms with Crippen LogP contribution in [0.15, 0.2) is 52.6 Å². The smallest absolute Gasteiger partial charge is 0.339 e. The van der Waals surface area contributed by atoms with Crippen LogP contribution in [0.2, 0.25) is 0 Å². The van der Waals surface area contributed by atoms with Crippen molar-refractivity contribution in [2.24, 2.45) is 0 Å². The molecule has 6 nitrogen and oxygen atoms in total. The van der Waals surface area contributed by atoms with Crippen LogP contribution in [0.3, 0.4) is 0 Å². The van der Waals surface area contributed by atoms with Crippen LogP contribution < -0.4 is 5.69 Å². The lowest BCUT2D eigenvalue weighted by molar-refractivity contribution is 0.0495. The fourth-order valence-corrected chi connectivity index (χ4v) is 4.30. The number of para-hydroxylation sites is 2. The molecule has 0 atom stereocenters. The maximum Gasteiger partial charge on any atom is 0.339 e. The van der Waals surface area contributed by atoms with Crippen LogP contribution in [-0.2, 0) is 17.8 Å². The van der Waals surface area contributed by atoms with Crippen molar-refractivity contribution < 1.29 is 9.53 Å². The molecule has 0 saturated carbocycles. The number of benzene rings is 1. The van der Waals surface area contributed by atoms with E-state index in [2.05, 4.69) is 21.0 Å². The van der Waals surface area contributed by atoms with E-state index >= 15 is 0 Å². The van der Waals surface area contributed by atoms with Crippen molar-refractivity contribution in [2.75, 3.05) is 6.61 Å². The quantitative estimate of drug-likeness (QED) is 0.369. The number of aromatic nitrogens is 3. The van der Waals surface area contributed by atoms with Crippen molar-refractivity contribution in [3.8, 4) is 0 Å². The first-order valence-corrected chi connectivity index (χ1v) is 10.5. The zero-order valence-corrected chi connectivity index (χ0v) is 17.3. The van der Waals surface area contributed by atoms with Gasteiger partial charge in [0.05, 0.1) is 29.7 Å². The molecule has 7 heteroatoms. The topological polar surface area (TPSA) is 69.0 Å². The van der Waals surface area contributed by atoms with Gasteiger partial charge in [0.25, 0.3) is 0 Å². The molecule has 0 spiro atoms. The Morgan fingerprint density at radius 3 is 2.76 bits per heavy atom. The van der Waals surface area contributed by atoms with Crippen molar-refractivity contribution in [3.05, 3.63) is 80.2 Å².